The lowest BCUT2D eigenvalue weighted by Gasteiger charge is -2.32. The summed E-state index contributed by atoms with van der Waals surface area (Å²) >= 11 is 0. The maximum absolute atomic E-state index is 11.2. The normalized spacial score (nSPS) is 12.6. The molecule has 26 heavy (non-hydrogen) atoms. The molecule has 0 saturated heterocycles. The van der Waals surface area contributed by atoms with E-state index >= 15 is 0 Å². The third-order valence-electron chi connectivity index (χ3n) is 6.02. The van der Waals surface area contributed by atoms with Crippen molar-refractivity contribution in [3.8, 4) is 5.75 Å². The van der Waals surface area contributed by atoms with Crippen molar-refractivity contribution in [1.29, 1.82) is 0 Å². The van der Waals surface area contributed by atoms with E-state index in [4.69, 9.17) is 0 Å². The molecule has 0 spiro atoms. The summed E-state index contributed by atoms with van der Waals surface area (Å²) < 4.78 is 0. The number of aryl methyl sites for hydroxylation is 1. The summed E-state index contributed by atoms with van der Waals surface area (Å²) in [5, 5.41) is 11.2. The van der Waals surface area contributed by atoms with E-state index in [1.165, 1.54) is 56.9 Å². The summed E-state index contributed by atoms with van der Waals surface area (Å²) in [6.07, 6.45) is 12.5. The number of hydrogen-bond donors (Lipinski definition) is 1. The maximum Gasteiger partial charge on any atom is 0.123 e. The van der Waals surface area contributed by atoms with Gasteiger partial charge in [-0.25, -0.2) is 0 Å². The Bertz CT molecular complexity index is 494. The van der Waals surface area contributed by atoms with Gasteiger partial charge < -0.3 is 5.11 Å². The minimum Gasteiger partial charge on any atom is -0.507 e. The predicted octanol–water partition coefficient (Wildman–Crippen LogP) is 8.20. The first-order valence-electron chi connectivity index (χ1n) is 11.0. The van der Waals surface area contributed by atoms with E-state index in [-0.39, 0.29) is 10.8 Å². The molecule has 1 N–H and O–H groups in total. The van der Waals surface area contributed by atoms with Gasteiger partial charge in [-0.2, -0.15) is 0 Å². The minimum atomic E-state index is 0.0247. The molecule has 0 bridgehead atoms. The largest absolute Gasteiger partial charge is 0.507 e. The fourth-order valence-electron chi connectivity index (χ4n) is 4.07. The van der Waals surface area contributed by atoms with Crippen LogP contribution in [0.5, 0.6) is 5.75 Å². The molecule has 150 valence electrons. The fraction of sp³-hybridized carbons (Fsp3) is 0.760. The number of aromatic hydroxyl groups is 1. The van der Waals surface area contributed by atoms with Crippen LogP contribution in [-0.4, -0.2) is 5.11 Å². The third kappa shape index (κ3) is 6.63. The summed E-state index contributed by atoms with van der Waals surface area (Å²) in [7, 11) is 0. The van der Waals surface area contributed by atoms with Crippen LogP contribution in [0.2, 0.25) is 0 Å². The summed E-state index contributed by atoms with van der Waals surface area (Å²) in [5.41, 5.74) is 3.61. The lowest BCUT2D eigenvalue weighted by molar-refractivity contribution is 0.379. The lowest BCUT2D eigenvalue weighted by Crippen LogP contribution is -2.22. The van der Waals surface area contributed by atoms with E-state index in [1.54, 1.807) is 0 Å². The van der Waals surface area contributed by atoms with Crippen molar-refractivity contribution in [2.45, 2.75) is 124 Å². The van der Waals surface area contributed by atoms with Crippen molar-refractivity contribution in [3.05, 3.63) is 28.8 Å². The second kappa shape index (κ2) is 10.4. The Hall–Kier alpha value is -0.980. The van der Waals surface area contributed by atoms with E-state index in [9.17, 15) is 5.11 Å². The fourth-order valence-corrected chi connectivity index (χ4v) is 4.07. The summed E-state index contributed by atoms with van der Waals surface area (Å²) in [6, 6.07) is 4.43. The van der Waals surface area contributed by atoms with Gasteiger partial charge in [-0.05, 0) is 30.6 Å². The van der Waals surface area contributed by atoms with Crippen LogP contribution in [-0.2, 0) is 10.8 Å². The monoisotopic (exact) mass is 360 g/mol. The second-order valence-corrected chi connectivity index (χ2v) is 9.60. The van der Waals surface area contributed by atoms with Gasteiger partial charge >= 0.3 is 0 Å². The van der Waals surface area contributed by atoms with E-state index < -0.39 is 0 Å². The predicted molar refractivity (Wildman–Crippen MR) is 116 cm³/mol. The Morgan fingerprint density at radius 2 is 1.08 bits per heavy atom. The van der Waals surface area contributed by atoms with Crippen LogP contribution in [0.4, 0.5) is 0 Å². The van der Waals surface area contributed by atoms with Crippen LogP contribution < -0.4 is 0 Å². The van der Waals surface area contributed by atoms with Crippen LogP contribution in [0.3, 0.4) is 0 Å². The zero-order valence-corrected chi connectivity index (χ0v) is 18.7. The van der Waals surface area contributed by atoms with Crippen LogP contribution >= 0.6 is 0 Å². The number of phenols is 1. The van der Waals surface area contributed by atoms with Crippen molar-refractivity contribution >= 4 is 0 Å². The number of rotatable bonds is 12. The molecule has 0 aliphatic rings. The Kier molecular flexibility index (Phi) is 9.21. The minimum absolute atomic E-state index is 0.0247. The molecule has 0 saturated carbocycles. The van der Waals surface area contributed by atoms with E-state index in [0.29, 0.717) is 5.75 Å². The molecular formula is C25H44O. The first-order chi connectivity index (χ1) is 12.2. The summed E-state index contributed by atoms with van der Waals surface area (Å²) in [6.45, 7) is 15.9. The zero-order valence-electron chi connectivity index (χ0n) is 18.7. The molecule has 1 aromatic rings. The molecular weight excluding hydrogens is 316 g/mol. The topological polar surface area (TPSA) is 20.2 Å². The van der Waals surface area contributed by atoms with Gasteiger partial charge in [0.25, 0.3) is 0 Å². The Balaban J connectivity index is 3.02. The van der Waals surface area contributed by atoms with Crippen molar-refractivity contribution < 1.29 is 5.11 Å². The van der Waals surface area contributed by atoms with Gasteiger partial charge in [-0.1, -0.05) is 111 Å². The van der Waals surface area contributed by atoms with Gasteiger partial charge in [0.15, 0.2) is 0 Å². The highest BCUT2D eigenvalue weighted by molar-refractivity contribution is 5.50. The van der Waals surface area contributed by atoms with E-state index in [0.717, 1.165) is 24.0 Å². The molecule has 0 radical (unpaired) electrons. The highest BCUT2D eigenvalue weighted by atomic mass is 16.3. The van der Waals surface area contributed by atoms with Crippen LogP contribution in [0.1, 0.15) is 122 Å². The quantitative estimate of drug-likeness (QED) is 0.372. The Labute approximate surface area is 163 Å². The number of hydrogen-bond acceptors (Lipinski definition) is 1. The molecule has 0 atom stereocenters. The SMILES string of the molecule is CCCCCCC(C)(C)c1cc(C)cc(C(C)(C)CCCCCC)c1O. The first-order valence-corrected chi connectivity index (χ1v) is 11.0. The van der Waals surface area contributed by atoms with E-state index in [1.807, 2.05) is 0 Å². The zero-order chi connectivity index (χ0) is 19.8. The smallest absolute Gasteiger partial charge is 0.123 e. The van der Waals surface area contributed by atoms with Crippen molar-refractivity contribution in [2.24, 2.45) is 0 Å². The van der Waals surface area contributed by atoms with Gasteiger partial charge in [-0.15, -0.1) is 0 Å². The highest BCUT2D eigenvalue weighted by Crippen LogP contribution is 2.43. The molecule has 0 aromatic heterocycles. The maximum atomic E-state index is 11.2. The summed E-state index contributed by atoms with van der Waals surface area (Å²) in [4.78, 5) is 0. The second-order valence-electron chi connectivity index (χ2n) is 9.60. The van der Waals surface area contributed by atoms with E-state index in [2.05, 4.69) is 60.6 Å². The molecule has 1 nitrogen and oxygen atoms in total. The van der Waals surface area contributed by atoms with Gasteiger partial charge in [0, 0.05) is 11.1 Å². The van der Waals surface area contributed by atoms with Crippen molar-refractivity contribution in [3.63, 3.8) is 0 Å². The van der Waals surface area contributed by atoms with Crippen LogP contribution in [0.15, 0.2) is 12.1 Å². The standard InChI is InChI=1S/C25H44O/c1-8-10-12-14-16-24(4,5)21-18-20(3)19-22(23(21)26)25(6,7)17-15-13-11-9-2/h18-19,26H,8-17H2,1-7H3. The molecule has 1 rings (SSSR count). The highest BCUT2D eigenvalue weighted by Gasteiger charge is 2.30. The number of phenolic OH excluding ortho intramolecular Hbond substituents is 1. The molecule has 0 heterocycles. The van der Waals surface area contributed by atoms with Gasteiger partial charge in [0.1, 0.15) is 5.75 Å². The van der Waals surface area contributed by atoms with Crippen molar-refractivity contribution in [1.82, 2.24) is 0 Å². The molecule has 0 aliphatic heterocycles. The Morgan fingerprint density at radius 1 is 0.692 bits per heavy atom. The first kappa shape index (κ1) is 23.1. The number of unbranched alkanes of at least 4 members (excludes halogenated alkanes) is 6. The molecule has 1 aromatic carbocycles. The summed E-state index contributed by atoms with van der Waals surface area (Å²) in [5.74, 6) is 0.552. The molecule has 1 heteroatoms. The Morgan fingerprint density at radius 3 is 1.42 bits per heavy atom. The van der Waals surface area contributed by atoms with Crippen LogP contribution in [0.25, 0.3) is 0 Å². The molecule has 0 amide bonds. The van der Waals surface area contributed by atoms with Gasteiger partial charge in [0.05, 0.1) is 0 Å². The van der Waals surface area contributed by atoms with Gasteiger partial charge in [-0.3, -0.25) is 0 Å². The number of benzene rings is 1. The van der Waals surface area contributed by atoms with Gasteiger partial charge in [0.2, 0.25) is 0 Å². The van der Waals surface area contributed by atoms with Crippen LogP contribution in [0, 0.1) is 6.92 Å². The average molecular weight is 361 g/mol. The third-order valence-corrected chi connectivity index (χ3v) is 6.02. The van der Waals surface area contributed by atoms with Crippen molar-refractivity contribution in [2.75, 3.05) is 0 Å². The molecule has 0 fully saturated rings. The molecule has 0 unspecified atom stereocenters. The molecule has 0 aliphatic carbocycles. The average Bonchev–Trinajstić information content (AvgIpc) is 2.57. The lowest BCUT2D eigenvalue weighted by atomic mass is 9.73.